The molecule has 0 aliphatic rings. The number of Topliss-reactive ketones (excluding diaryl/α,β-unsaturated/α-hetero) is 1. The van der Waals surface area contributed by atoms with Crippen LogP contribution in [0, 0.1) is 10.1 Å². The van der Waals surface area contributed by atoms with E-state index in [1.54, 1.807) is 20.8 Å². The number of nitro benzene ring substituents is 1. The maximum Gasteiger partial charge on any atom is 0.407 e. The lowest BCUT2D eigenvalue weighted by Gasteiger charge is -2.19. The van der Waals surface area contributed by atoms with Gasteiger partial charge in [0.15, 0.2) is 5.78 Å². The summed E-state index contributed by atoms with van der Waals surface area (Å²) in [6.07, 6.45) is 2.20. The Labute approximate surface area is 141 Å². The first kappa shape index (κ1) is 19.6. The van der Waals surface area contributed by atoms with Crippen molar-refractivity contribution in [2.75, 3.05) is 6.54 Å². The number of ether oxygens (including phenoxy) is 1. The number of amides is 1. The standard InChI is InChI=1S/C17H24N2O5/c1-17(2,3)24-16(21)18-12-6-4-5-7-15(20)13-8-10-14(11-9-13)19(22)23/h8-11H,4-7,12H2,1-3H3,(H,18,21). The Morgan fingerprint density at radius 1 is 1.12 bits per heavy atom. The van der Waals surface area contributed by atoms with Gasteiger partial charge in [0.05, 0.1) is 4.92 Å². The van der Waals surface area contributed by atoms with Crippen molar-refractivity contribution in [3.63, 3.8) is 0 Å². The lowest BCUT2D eigenvalue weighted by atomic mass is 10.0. The van der Waals surface area contributed by atoms with E-state index in [0.29, 0.717) is 24.9 Å². The van der Waals surface area contributed by atoms with E-state index < -0.39 is 16.6 Å². The van der Waals surface area contributed by atoms with Crippen molar-refractivity contribution in [3.8, 4) is 0 Å². The second-order valence-electron chi connectivity index (χ2n) is 6.47. The van der Waals surface area contributed by atoms with Gasteiger partial charge in [0.25, 0.3) is 5.69 Å². The minimum Gasteiger partial charge on any atom is -0.444 e. The third-order valence-corrected chi connectivity index (χ3v) is 3.15. The first-order valence-electron chi connectivity index (χ1n) is 7.93. The summed E-state index contributed by atoms with van der Waals surface area (Å²) in [4.78, 5) is 33.5. The molecule has 0 saturated carbocycles. The van der Waals surface area contributed by atoms with Gasteiger partial charge in [-0.2, -0.15) is 0 Å². The van der Waals surface area contributed by atoms with Crippen LogP contribution in [0.1, 0.15) is 56.8 Å². The number of rotatable bonds is 8. The Balaban J connectivity index is 2.20. The summed E-state index contributed by atoms with van der Waals surface area (Å²) in [7, 11) is 0. The SMILES string of the molecule is CC(C)(C)OC(=O)NCCCCCC(=O)c1ccc([N+](=O)[O-])cc1. The van der Waals surface area contributed by atoms with Crippen molar-refractivity contribution in [2.24, 2.45) is 0 Å². The summed E-state index contributed by atoms with van der Waals surface area (Å²) in [5.74, 6) is -0.0370. The molecule has 0 saturated heterocycles. The monoisotopic (exact) mass is 336 g/mol. The van der Waals surface area contributed by atoms with Gasteiger partial charge in [-0.25, -0.2) is 4.79 Å². The fourth-order valence-electron chi connectivity index (χ4n) is 2.01. The van der Waals surface area contributed by atoms with Crippen molar-refractivity contribution in [2.45, 2.75) is 52.1 Å². The first-order valence-corrected chi connectivity index (χ1v) is 7.93. The fourth-order valence-corrected chi connectivity index (χ4v) is 2.01. The van der Waals surface area contributed by atoms with Gasteiger partial charge in [-0.05, 0) is 45.7 Å². The van der Waals surface area contributed by atoms with Gasteiger partial charge in [0.2, 0.25) is 0 Å². The van der Waals surface area contributed by atoms with E-state index in [2.05, 4.69) is 5.32 Å². The smallest absolute Gasteiger partial charge is 0.407 e. The molecule has 7 nitrogen and oxygen atoms in total. The Kier molecular flexibility index (Phi) is 7.35. The average molecular weight is 336 g/mol. The number of nitro groups is 1. The number of alkyl carbamates (subject to hydrolysis) is 1. The molecule has 0 fully saturated rings. The highest BCUT2D eigenvalue weighted by molar-refractivity contribution is 5.96. The molecular weight excluding hydrogens is 312 g/mol. The summed E-state index contributed by atoms with van der Waals surface area (Å²) < 4.78 is 5.11. The van der Waals surface area contributed by atoms with Crippen molar-refractivity contribution < 1.29 is 19.2 Å². The maximum absolute atomic E-state index is 12.0. The van der Waals surface area contributed by atoms with Crippen molar-refractivity contribution in [3.05, 3.63) is 39.9 Å². The molecule has 0 spiro atoms. The average Bonchev–Trinajstić information content (AvgIpc) is 2.48. The zero-order valence-electron chi connectivity index (χ0n) is 14.3. The third-order valence-electron chi connectivity index (χ3n) is 3.15. The molecule has 0 aliphatic carbocycles. The number of carbonyl (C=O) groups excluding carboxylic acids is 2. The summed E-state index contributed by atoms with van der Waals surface area (Å²) in [6, 6.07) is 5.62. The van der Waals surface area contributed by atoms with Crippen molar-refractivity contribution in [1.29, 1.82) is 0 Å². The summed E-state index contributed by atoms with van der Waals surface area (Å²) in [5.41, 5.74) is -0.0615. The highest BCUT2D eigenvalue weighted by Crippen LogP contribution is 2.14. The molecule has 0 heterocycles. The molecule has 1 N–H and O–H groups in total. The van der Waals surface area contributed by atoms with Gasteiger partial charge < -0.3 is 10.1 Å². The predicted octanol–water partition coefficient (Wildman–Crippen LogP) is 3.86. The predicted molar refractivity (Wildman–Crippen MR) is 90.1 cm³/mol. The molecule has 0 atom stereocenters. The fraction of sp³-hybridized carbons (Fsp3) is 0.529. The molecule has 7 heteroatoms. The number of non-ortho nitro benzene ring substituents is 1. The van der Waals surface area contributed by atoms with Crippen LogP contribution < -0.4 is 5.32 Å². The van der Waals surface area contributed by atoms with Crippen LogP contribution in [0.2, 0.25) is 0 Å². The van der Waals surface area contributed by atoms with Gasteiger partial charge in [0.1, 0.15) is 5.60 Å². The van der Waals surface area contributed by atoms with E-state index in [9.17, 15) is 19.7 Å². The van der Waals surface area contributed by atoms with Crippen LogP contribution in [0.4, 0.5) is 10.5 Å². The normalized spacial score (nSPS) is 11.0. The van der Waals surface area contributed by atoms with E-state index in [-0.39, 0.29) is 11.5 Å². The van der Waals surface area contributed by atoms with Crippen LogP contribution >= 0.6 is 0 Å². The largest absolute Gasteiger partial charge is 0.444 e. The summed E-state index contributed by atoms with van der Waals surface area (Å²) in [5, 5.41) is 13.2. The van der Waals surface area contributed by atoms with Crippen LogP contribution in [0.3, 0.4) is 0 Å². The number of hydrogen-bond acceptors (Lipinski definition) is 5. The van der Waals surface area contributed by atoms with E-state index in [4.69, 9.17) is 4.74 Å². The molecule has 1 aromatic carbocycles. The Morgan fingerprint density at radius 3 is 2.29 bits per heavy atom. The number of benzene rings is 1. The summed E-state index contributed by atoms with van der Waals surface area (Å²) in [6.45, 7) is 5.91. The first-order chi connectivity index (χ1) is 11.2. The minimum atomic E-state index is -0.513. The van der Waals surface area contributed by atoms with Gasteiger partial charge in [-0.15, -0.1) is 0 Å². The van der Waals surface area contributed by atoms with Crippen molar-refractivity contribution in [1.82, 2.24) is 5.32 Å². The molecule has 132 valence electrons. The molecule has 1 amide bonds. The molecule has 0 aromatic heterocycles. The number of nitrogens with one attached hydrogen (secondary N) is 1. The Bertz CT molecular complexity index is 576. The van der Waals surface area contributed by atoms with Crippen LogP contribution in [0.5, 0.6) is 0 Å². The quantitative estimate of drug-likeness (QED) is 0.336. The number of hydrogen-bond donors (Lipinski definition) is 1. The molecular formula is C17H24N2O5. The van der Waals surface area contributed by atoms with Gasteiger partial charge in [0, 0.05) is 30.7 Å². The molecule has 0 unspecified atom stereocenters. The Hall–Kier alpha value is -2.44. The highest BCUT2D eigenvalue weighted by atomic mass is 16.6. The molecule has 0 aliphatic heterocycles. The zero-order valence-corrected chi connectivity index (χ0v) is 14.3. The zero-order chi connectivity index (χ0) is 18.2. The van der Waals surface area contributed by atoms with E-state index in [1.165, 1.54) is 24.3 Å². The van der Waals surface area contributed by atoms with E-state index >= 15 is 0 Å². The minimum absolute atomic E-state index is 0.0280. The van der Waals surface area contributed by atoms with Gasteiger partial charge in [-0.3, -0.25) is 14.9 Å². The second-order valence-corrected chi connectivity index (χ2v) is 6.47. The van der Waals surface area contributed by atoms with Gasteiger partial charge in [-0.1, -0.05) is 6.42 Å². The molecule has 0 bridgehead atoms. The molecule has 1 rings (SSSR count). The van der Waals surface area contributed by atoms with Crippen LogP contribution in [-0.4, -0.2) is 28.9 Å². The second kappa shape index (κ2) is 9.00. The number of ketones is 1. The third kappa shape index (κ3) is 7.71. The number of unbranched alkanes of at least 4 members (excludes halogenated alkanes) is 2. The lowest BCUT2D eigenvalue weighted by molar-refractivity contribution is -0.384. The number of carbonyl (C=O) groups is 2. The Morgan fingerprint density at radius 2 is 1.75 bits per heavy atom. The van der Waals surface area contributed by atoms with E-state index in [0.717, 1.165) is 12.8 Å². The number of nitrogens with zero attached hydrogens (tertiary/aromatic N) is 1. The summed E-state index contributed by atoms with van der Waals surface area (Å²) >= 11 is 0. The van der Waals surface area contributed by atoms with Gasteiger partial charge >= 0.3 is 6.09 Å². The molecule has 1 aromatic rings. The van der Waals surface area contributed by atoms with E-state index in [1.807, 2.05) is 0 Å². The van der Waals surface area contributed by atoms with Crippen molar-refractivity contribution >= 4 is 17.6 Å². The topological polar surface area (TPSA) is 98.5 Å². The molecule has 24 heavy (non-hydrogen) atoms. The lowest BCUT2D eigenvalue weighted by Crippen LogP contribution is -2.32. The molecule has 0 radical (unpaired) electrons. The van der Waals surface area contributed by atoms with Crippen LogP contribution in [-0.2, 0) is 4.74 Å². The van der Waals surface area contributed by atoms with Crippen LogP contribution in [0.15, 0.2) is 24.3 Å². The highest BCUT2D eigenvalue weighted by Gasteiger charge is 2.15. The van der Waals surface area contributed by atoms with Crippen LogP contribution in [0.25, 0.3) is 0 Å². The maximum atomic E-state index is 12.0.